The molecule has 0 spiro atoms. The van der Waals surface area contributed by atoms with E-state index < -0.39 is 0 Å². The van der Waals surface area contributed by atoms with Crippen LogP contribution in [0.15, 0.2) is 24.5 Å². The molecule has 100 valence electrons. The Morgan fingerprint density at radius 1 is 1.20 bits per heavy atom. The van der Waals surface area contributed by atoms with Gasteiger partial charge >= 0.3 is 0 Å². The number of hydrogen-bond donors (Lipinski definition) is 0. The molecule has 1 aliphatic rings. The number of aromatic nitrogens is 4. The van der Waals surface area contributed by atoms with Gasteiger partial charge in [-0.1, -0.05) is 11.6 Å². The fraction of sp³-hybridized carbons (Fsp3) is 0.267. The Hall–Kier alpha value is -1.94. The Morgan fingerprint density at radius 2 is 2.00 bits per heavy atom. The predicted octanol–water partition coefficient (Wildman–Crippen LogP) is 3.24. The van der Waals surface area contributed by atoms with E-state index in [2.05, 4.69) is 10.1 Å². The number of halogens is 1. The number of hydrogen-bond acceptors (Lipinski definition) is 3. The number of fused-ring (bicyclic) bond motifs is 2. The van der Waals surface area contributed by atoms with E-state index in [1.807, 2.05) is 19.1 Å². The predicted molar refractivity (Wildman–Crippen MR) is 78.0 cm³/mol. The van der Waals surface area contributed by atoms with Gasteiger partial charge < -0.3 is 0 Å². The van der Waals surface area contributed by atoms with Crippen LogP contribution in [0.1, 0.15) is 23.4 Å². The van der Waals surface area contributed by atoms with E-state index in [0.29, 0.717) is 5.15 Å². The summed E-state index contributed by atoms with van der Waals surface area (Å²) in [7, 11) is 0. The summed E-state index contributed by atoms with van der Waals surface area (Å²) >= 11 is 6.51. The number of aryl methyl sites for hydroxylation is 2. The molecule has 5 heteroatoms. The van der Waals surface area contributed by atoms with E-state index in [4.69, 9.17) is 16.6 Å². The molecule has 0 N–H and O–H groups in total. The van der Waals surface area contributed by atoms with Gasteiger partial charge in [-0.25, -0.2) is 9.50 Å². The molecule has 0 aromatic carbocycles. The van der Waals surface area contributed by atoms with Crippen molar-refractivity contribution in [3.63, 3.8) is 0 Å². The normalized spacial score (nSPS) is 13.9. The van der Waals surface area contributed by atoms with Crippen LogP contribution in [-0.4, -0.2) is 19.6 Å². The van der Waals surface area contributed by atoms with Crippen molar-refractivity contribution in [3.05, 3.63) is 46.6 Å². The highest BCUT2D eigenvalue weighted by atomic mass is 35.5. The Kier molecular flexibility index (Phi) is 2.54. The lowest BCUT2D eigenvalue weighted by Crippen LogP contribution is -1.99. The van der Waals surface area contributed by atoms with Crippen LogP contribution >= 0.6 is 11.6 Å². The van der Waals surface area contributed by atoms with E-state index in [9.17, 15) is 0 Å². The average molecular weight is 285 g/mol. The third-order valence-corrected chi connectivity index (χ3v) is 4.26. The van der Waals surface area contributed by atoms with Crippen LogP contribution in [-0.2, 0) is 12.8 Å². The number of pyridine rings is 1. The van der Waals surface area contributed by atoms with E-state index in [-0.39, 0.29) is 0 Å². The maximum atomic E-state index is 6.51. The van der Waals surface area contributed by atoms with Crippen molar-refractivity contribution < 1.29 is 0 Å². The van der Waals surface area contributed by atoms with Crippen LogP contribution in [0.3, 0.4) is 0 Å². The quantitative estimate of drug-likeness (QED) is 0.644. The summed E-state index contributed by atoms with van der Waals surface area (Å²) < 4.78 is 1.77. The van der Waals surface area contributed by atoms with Crippen LogP contribution in [0.2, 0.25) is 5.15 Å². The summed E-state index contributed by atoms with van der Waals surface area (Å²) in [5.74, 6) is 0. The molecule has 0 amide bonds. The van der Waals surface area contributed by atoms with Gasteiger partial charge in [0.15, 0.2) is 5.65 Å². The third kappa shape index (κ3) is 1.58. The van der Waals surface area contributed by atoms with Crippen LogP contribution in [0.25, 0.3) is 16.8 Å². The van der Waals surface area contributed by atoms with Gasteiger partial charge in [-0.05, 0) is 43.9 Å². The second-order valence-corrected chi connectivity index (χ2v) is 5.47. The maximum absolute atomic E-state index is 6.51. The van der Waals surface area contributed by atoms with Crippen LogP contribution in [0.5, 0.6) is 0 Å². The second kappa shape index (κ2) is 4.28. The van der Waals surface area contributed by atoms with Crippen molar-refractivity contribution in [1.82, 2.24) is 19.6 Å². The Balaban J connectivity index is 2.08. The third-order valence-electron chi connectivity index (χ3n) is 3.87. The molecule has 4 rings (SSSR count). The lowest BCUT2D eigenvalue weighted by atomic mass is 10.1. The number of nitrogens with zero attached hydrogens (tertiary/aromatic N) is 4. The molecule has 1 aliphatic carbocycles. The van der Waals surface area contributed by atoms with Crippen molar-refractivity contribution in [2.24, 2.45) is 0 Å². The van der Waals surface area contributed by atoms with Crippen molar-refractivity contribution in [1.29, 1.82) is 0 Å². The van der Waals surface area contributed by atoms with Gasteiger partial charge in [0.25, 0.3) is 0 Å². The fourth-order valence-corrected chi connectivity index (χ4v) is 3.26. The van der Waals surface area contributed by atoms with Crippen LogP contribution in [0, 0.1) is 6.92 Å². The zero-order chi connectivity index (χ0) is 13.7. The average Bonchev–Trinajstić information content (AvgIpc) is 3.04. The highest BCUT2D eigenvalue weighted by molar-refractivity contribution is 6.30. The summed E-state index contributed by atoms with van der Waals surface area (Å²) in [5.41, 5.74) is 6.19. The molecule has 0 saturated carbocycles. The smallest absolute Gasteiger partial charge is 0.165 e. The van der Waals surface area contributed by atoms with Gasteiger partial charge in [0.1, 0.15) is 5.15 Å². The molecule has 0 fully saturated rings. The van der Waals surface area contributed by atoms with Gasteiger partial charge in [-0.2, -0.15) is 5.10 Å². The Bertz CT molecular complexity index is 808. The summed E-state index contributed by atoms with van der Waals surface area (Å²) in [6.45, 7) is 1.99. The minimum absolute atomic E-state index is 0.714. The van der Waals surface area contributed by atoms with Crippen molar-refractivity contribution in [3.8, 4) is 11.1 Å². The molecule has 0 unspecified atom stereocenters. The summed E-state index contributed by atoms with van der Waals surface area (Å²) in [6.07, 6.45) is 6.70. The first-order chi connectivity index (χ1) is 9.75. The zero-order valence-corrected chi connectivity index (χ0v) is 11.9. The molecule has 0 radical (unpaired) electrons. The highest BCUT2D eigenvalue weighted by Crippen LogP contribution is 2.33. The molecule has 4 nitrogen and oxygen atoms in total. The molecular formula is C15H13ClN4. The standard InChI is InChI=1S/C15H13ClN4/c1-9-13(10-5-7-17-8-6-10)15-18-12-4-2-3-11(12)14(16)20(15)19-9/h5-8H,2-4H2,1H3. The highest BCUT2D eigenvalue weighted by Gasteiger charge is 2.22. The zero-order valence-electron chi connectivity index (χ0n) is 11.1. The largest absolute Gasteiger partial charge is 0.265 e. The molecular weight excluding hydrogens is 272 g/mol. The summed E-state index contributed by atoms with van der Waals surface area (Å²) in [5, 5.41) is 5.28. The Labute approximate surface area is 121 Å². The second-order valence-electron chi connectivity index (χ2n) is 5.11. The van der Waals surface area contributed by atoms with E-state index in [1.54, 1.807) is 16.9 Å². The monoisotopic (exact) mass is 284 g/mol. The number of rotatable bonds is 1. The van der Waals surface area contributed by atoms with Crippen molar-refractivity contribution in [2.75, 3.05) is 0 Å². The summed E-state index contributed by atoms with van der Waals surface area (Å²) in [4.78, 5) is 8.88. The molecule has 0 aliphatic heterocycles. The van der Waals surface area contributed by atoms with E-state index >= 15 is 0 Å². The summed E-state index contributed by atoms with van der Waals surface area (Å²) in [6, 6.07) is 3.96. The molecule has 0 atom stereocenters. The minimum Gasteiger partial charge on any atom is -0.265 e. The Morgan fingerprint density at radius 3 is 2.80 bits per heavy atom. The fourth-order valence-electron chi connectivity index (χ4n) is 2.94. The van der Waals surface area contributed by atoms with Crippen molar-refractivity contribution in [2.45, 2.75) is 26.2 Å². The minimum atomic E-state index is 0.714. The van der Waals surface area contributed by atoms with E-state index in [0.717, 1.165) is 53.0 Å². The SMILES string of the molecule is Cc1nn2c(Cl)c3c(nc2c1-c1ccncc1)CCC3. The van der Waals surface area contributed by atoms with Gasteiger partial charge in [0.05, 0.1) is 5.69 Å². The molecule has 0 saturated heterocycles. The topological polar surface area (TPSA) is 43.1 Å². The van der Waals surface area contributed by atoms with Crippen LogP contribution in [0.4, 0.5) is 0 Å². The first-order valence-corrected chi connectivity index (χ1v) is 7.10. The molecule has 20 heavy (non-hydrogen) atoms. The van der Waals surface area contributed by atoms with Gasteiger partial charge in [-0.15, -0.1) is 0 Å². The van der Waals surface area contributed by atoms with Gasteiger partial charge in [0.2, 0.25) is 0 Å². The first kappa shape index (κ1) is 11.9. The van der Waals surface area contributed by atoms with Crippen molar-refractivity contribution >= 4 is 17.2 Å². The lowest BCUT2D eigenvalue weighted by Gasteiger charge is -2.05. The van der Waals surface area contributed by atoms with E-state index in [1.165, 1.54) is 0 Å². The molecule has 0 bridgehead atoms. The molecule has 3 heterocycles. The van der Waals surface area contributed by atoms with Crippen LogP contribution < -0.4 is 0 Å². The van der Waals surface area contributed by atoms with Gasteiger partial charge in [0, 0.05) is 29.2 Å². The maximum Gasteiger partial charge on any atom is 0.165 e. The molecule has 3 aromatic heterocycles. The first-order valence-electron chi connectivity index (χ1n) is 6.72. The molecule has 3 aromatic rings. The lowest BCUT2D eigenvalue weighted by molar-refractivity contribution is 0.896. The van der Waals surface area contributed by atoms with Gasteiger partial charge in [-0.3, -0.25) is 4.98 Å².